The number of rotatable bonds is 2. The molecular weight excluding hydrogens is 262 g/mol. The van der Waals surface area contributed by atoms with Crippen molar-refractivity contribution < 1.29 is 4.79 Å². The van der Waals surface area contributed by atoms with E-state index >= 15 is 0 Å². The molecule has 1 aromatic rings. The summed E-state index contributed by atoms with van der Waals surface area (Å²) in [5, 5.41) is 4.44. The molecule has 0 spiro atoms. The second-order valence-corrected chi connectivity index (χ2v) is 6.79. The zero-order chi connectivity index (χ0) is 15.0. The van der Waals surface area contributed by atoms with Crippen LogP contribution in [0.2, 0.25) is 0 Å². The number of carbonyl (C=O) groups excluding carboxylic acids is 1. The molecule has 116 valence electrons. The van der Waals surface area contributed by atoms with E-state index in [-0.39, 0.29) is 0 Å². The van der Waals surface area contributed by atoms with Crippen LogP contribution in [0.1, 0.15) is 55.5 Å². The quantitative estimate of drug-likeness (QED) is 0.839. The van der Waals surface area contributed by atoms with Gasteiger partial charge in [-0.05, 0) is 45.4 Å². The van der Waals surface area contributed by atoms with E-state index in [0.29, 0.717) is 18.4 Å². The van der Waals surface area contributed by atoms with E-state index < -0.39 is 0 Å². The first-order valence-corrected chi connectivity index (χ1v) is 8.36. The van der Waals surface area contributed by atoms with Gasteiger partial charge in [0.25, 0.3) is 0 Å². The lowest BCUT2D eigenvalue weighted by Crippen LogP contribution is -2.50. The van der Waals surface area contributed by atoms with E-state index in [2.05, 4.69) is 16.9 Å². The summed E-state index contributed by atoms with van der Waals surface area (Å²) in [4.78, 5) is 15.0. The van der Waals surface area contributed by atoms with Gasteiger partial charge in [-0.3, -0.25) is 9.48 Å². The topological polar surface area (TPSA) is 38.1 Å². The van der Waals surface area contributed by atoms with Crippen molar-refractivity contribution in [2.24, 2.45) is 13.0 Å². The number of likely N-dealkylation sites (tertiary alicyclic amines) is 1. The molecule has 1 saturated heterocycles. The van der Waals surface area contributed by atoms with Gasteiger partial charge in [0.2, 0.25) is 5.91 Å². The van der Waals surface area contributed by atoms with Crippen molar-refractivity contribution in [2.75, 3.05) is 6.54 Å². The standard InChI is InChI=1S/C17H27N3O/c1-12-15(13(2)19(3)18-12)11-17(21)20-10-6-8-14-7-4-5-9-16(14)20/h14,16H,4-11H2,1-3H3. The van der Waals surface area contributed by atoms with E-state index in [1.165, 1.54) is 38.5 Å². The molecule has 2 atom stereocenters. The van der Waals surface area contributed by atoms with Gasteiger partial charge in [0.1, 0.15) is 0 Å². The van der Waals surface area contributed by atoms with Crippen molar-refractivity contribution >= 4 is 5.91 Å². The van der Waals surface area contributed by atoms with Gasteiger partial charge in [-0.15, -0.1) is 0 Å². The van der Waals surface area contributed by atoms with Crippen LogP contribution in [0.25, 0.3) is 0 Å². The molecular formula is C17H27N3O. The number of carbonyl (C=O) groups is 1. The first kappa shape index (κ1) is 14.6. The Labute approximate surface area is 127 Å². The summed E-state index contributed by atoms with van der Waals surface area (Å²) in [5.74, 6) is 1.07. The Hall–Kier alpha value is -1.32. The summed E-state index contributed by atoms with van der Waals surface area (Å²) < 4.78 is 1.89. The number of hydrogen-bond acceptors (Lipinski definition) is 2. The minimum Gasteiger partial charge on any atom is -0.339 e. The molecule has 0 bridgehead atoms. The van der Waals surface area contributed by atoms with Gasteiger partial charge < -0.3 is 4.90 Å². The van der Waals surface area contributed by atoms with Crippen LogP contribution < -0.4 is 0 Å². The van der Waals surface area contributed by atoms with Crippen LogP contribution in [-0.2, 0) is 18.3 Å². The van der Waals surface area contributed by atoms with Crippen molar-refractivity contribution in [3.63, 3.8) is 0 Å². The first-order valence-electron chi connectivity index (χ1n) is 8.36. The van der Waals surface area contributed by atoms with Crippen molar-refractivity contribution in [3.05, 3.63) is 17.0 Å². The van der Waals surface area contributed by atoms with Crippen LogP contribution in [0.5, 0.6) is 0 Å². The van der Waals surface area contributed by atoms with E-state index in [0.717, 1.165) is 29.4 Å². The fraction of sp³-hybridized carbons (Fsp3) is 0.765. The summed E-state index contributed by atoms with van der Waals surface area (Å²) >= 11 is 0. The zero-order valence-electron chi connectivity index (χ0n) is 13.6. The lowest BCUT2D eigenvalue weighted by molar-refractivity contribution is -0.136. The largest absolute Gasteiger partial charge is 0.339 e. The molecule has 4 nitrogen and oxygen atoms in total. The second-order valence-electron chi connectivity index (χ2n) is 6.79. The lowest BCUT2D eigenvalue weighted by Gasteiger charge is -2.44. The predicted molar refractivity (Wildman–Crippen MR) is 83.1 cm³/mol. The Balaban J connectivity index is 1.75. The number of piperidine rings is 1. The minimum atomic E-state index is 0.311. The van der Waals surface area contributed by atoms with Crippen molar-refractivity contribution in [1.82, 2.24) is 14.7 Å². The van der Waals surface area contributed by atoms with Gasteiger partial charge in [0, 0.05) is 30.9 Å². The number of hydrogen-bond donors (Lipinski definition) is 0. The molecule has 2 heterocycles. The number of nitrogens with zero attached hydrogens (tertiary/aromatic N) is 3. The molecule has 2 fully saturated rings. The third-order valence-corrected chi connectivity index (χ3v) is 5.55. The number of aryl methyl sites for hydroxylation is 2. The Morgan fingerprint density at radius 1 is 1.19 bits per heavy atom. The Kier molecular flexibility index (Phi) is 4.05. The van der Waals surface area contributed by atoms with Gasteiger partial charge in [0.05, 0.1) is 12.1 Å². The molecule has 3 rings (SSSR count). The summed E-state index contributed by atoms with van der Waals surface area (Å²) in [7, 11) is 1.95. The van der Waals surface area contributed by atoms with Gasteiger partial charge in [-0.25, -0.2) is 0 Å². The highest BCUT2D eigenvalue weighted by Gasteiger charge is 2.35. The van der Waals surface area contributed by atoms with E-state index in [1.54, 1.807) is 0 Å². The molecule has 1 amide bonds. The van der Waals surface area contributed by atoms with Crippen molar-refractivity contribution in [1.29, 1.82) is 0 Å². The second kappa shape index (κ2) is 5.82. The number of aromatic nitrogens is 2. The molecule has 0 radical (unpaired) electrons. The lowest BCUT2D eigenvalue weighted by atomic mass is 9.78. The van der Waals surface area contributed by atoms with E-state index in [9.17, 15) is 4.79 Å². The summed E-state index contributed by atoms with van der Waals surface area (Å²) in [6.07, 6.45) is 8.19. The number of fused-ring (bicyclic) bond motifs is 1. The molecule has 0 N–H and O–H groups in total. The zero-order valence-corrected chi connectivity index (χ0v) is 13.6. The summed E-state index contributed by atoms with van der Waals surface area (Å²) in [6.45, 7) is 5.02. The van der Waals surface area contributed by atoms with Crippen LogP contribution >= 0.6 is 0 Å². The third-order valence-electron chi connectivity index (χ3n) is 5.55. The Morgan fingerprint density at radius 3 is 2.62 bits per heavy atom. The highest BCUT2D eigenvalue weighted by molar-refractivity contribution is 5.79. The molecule has 2 aliphatic rings. The first-order chi connectivity index (χ1) is 10.1. The van der Waals surface area contributed by atoms with Crippen LogP contribution in [-0.4, -0.2) is 33.2 Å². The number of amides is 1. The van der Waals surface area contributed by atoms with Gasteiger partial charge in [-0.1, -0.05) is 12.8 Å². The van der Waals surface area contributed by atoms with Crippen molar-refractivity contribution in [2.45, 2.75) is 64.8 Å². The maximum absolute atomic E-state index is 12.8. The maximum Gasteiger partial charge on any atom is 0.227 e. The molecule has 4 heteroatoms. The fourth-order valence-electron chi connectivity index (χ4n) is 4.26. The van der Waals surface area contributed by atoms with Gasteiger partial charge >= 0.3 is 0 Å². The normalized spacial score (nSPS) is 25.8. The van der Waals surface area contributed by atoms with Gasteiger partial charge in [-0.2, -0.15) is 5.10 Å². The SMILES string of the molecule is Cc1nn(C)c(C)c1CC(=O)N1CCCC2CCCCC21. The van der Waals surface area contributed by atoms with Crippen LogP contribution in [0.15, 0.2) is 0 Å². The fourth-order valence-corrected chi connectivity index (χ4v) is 4.26. The Bertz CT molecular complexity index is 532. The molecule has 21 heavy (non-hydrogen) atoms. The smallest absolute Gasteiger partial charge is 0.227 e. The monoisotopic (exact) mass is 289 g/mol. The Morgan fingerprint density at radius 2 is 1.90 bits per heavy atom. The van der Waals surface area contributed by atoms with Crippen LogP contribution in [0.4, 0.5) is 0 Å². The minimum absolute atomic E-state index is 0.311. The summed E-state index contributed by atoms with van der Waals surface area (Å²) in [5.41, 5.74) is 3.25. The summed E-state index contributed by atoms with van der Waals surface area (Å²) in [6, 6.07) is 0.511. The highest BCUT2D eigenvalue weighted by atomic mass is 16.2. The maximum atomic E-state index is 12.8. The van der Waals surface area contributed by atoms with E-state index in [4.69, 9.17) is 0 Å². The third kappa shape index (κ3) is 2.72. The highest BCUT2D eigenvalue weighted by Crippen LogP contribution is 2.35. The average molecular weight is 289 g/mol. The molecule has 1 aromatic heterocycles. The average Bonchev–Trinajstić information content (AvgIpc) is 2.73. The molecule has 0 aromatic carbocycles. The van der Waals surface area contributed by atoms with E-state index in [1.807, 2.05) is 18.7 Å². The molecule has 1 aliphatic heterocycles. The molecule has 1 aliphatic carbocycles. The van der Waals surface area contributed by atoms with Gasteiger partial charge in [0.15, 0.2) is 0 Å². The van der Waals surface area contributed by atoms with Crippen LogP contribution in [0.3, 0.4) is 0 Å². The molecule has 1 saturated carbocycles. The van der Waals surface area contributed by atoms with Crippen molar-refractivity contribution in [3.8, 4) is 0 Å². The van der Waals surface area contributed by atoms with Crippen LogP contribution in [0, 0.1) is 19.8 Å². The predicted octanol–water partition coefficient (Wildman–Crippen LogP) is 2.76. The molecule has 2 unspecified atom stereocenters.